The quantitative estimate of drug-likeness (QED) is 0.497. The highest BCUT2D eigenvalue weighted by Crippen LogP contribution is 2.34. The Morgan fingerprint density at radius 1 is 1.00 bits per heavy atom. The topological polar surface area (TPSA) is 25.8 Å². The van der Waals surface area contributed by atoms with Gasteiger partial charge in [-0.05, 0) is 18.2 Å². The molecular formula is C14H6ClF3N2S. The van der Waals surface area contributed by atoms with Crippen LogP contribution < -0.4 is 0 Å². The van der Waals surface area contributed by atoms with Gasteiger partial charge < -0.3 is 0 Å². The third-order valence-electron chi connectivity index (χ3n) is 2.71. The van der Waals surface area contributed by atoms with Gasteiger partial charge in [0.1, 0.15) is 15.9 Å². The van der Waals surface area contributed by atoms with E-state index in [0.29, 0.717) is 16.1 Å². The van der Waals surface area contributed by atoms with Crippen LogP contribution in [0.15, 0.2) is 46.5 Å². The van der Waals surface area contributed by atoms with Crippen LogP contribution in [-0.4, -0.2) is 9.97 Å². The molecule has 0 amide bonds. The van der Waals surface area contributed by atoms with Gasteiger partial charge in [0, 0.05) is 0 Å². The van der Waals surface area contributed by atoms with Crippen LogP contribution in [0.2, 0.25) is 5.02 Å². The molecule has 21 heavy (non-hydrogen) atoms. The molecule has 0 aliphatic carbocycles. The van der Waals surface area contributed by atoms with Crippen molar-refractivity contribution < 1.29 is 13.2 Å². The second kappa shape index (κ2) is 5.54. The lowest BCUT2D eigenvalue weighted by Gasteiger charge is -2.06. The van der Waals surface area contributed by atoms with Crippen LogP contribution in [-0.2, 0) is 0 Å². The lowest BCUT2D eigenvalue weighted by atomic mass is 10.3. The van der Waals surface area contributed by atoms with E-state index in [0.717, 1.165) is 17.8 Å². The molecule has 1 aromatic heterocycles. The molecule has 0 unspecified atom stereocenters. The second-order valence-corrected chi connectivity index (χ2v) is 5.54. The molecule has 2 nitrogen and oxygen atoms in total. The Morgan fingerprint density at radius 2 is 1.71 bits per heavy atom. The number of nitrogens with zero attached hydrogens (tertiary/aromatic N) is 2. The van der Waals surface area contributed by atoms with Crippen LogP contribution in [0.1, 0.15) is 0 Å². The highest BCUT2D eigenvalue weighted by atomic mass is 35.5. The molecule has 0 bridgehead atoms. The van der Waals surface area contributed by atoms with Gasteiger partial charge in [-0.3, -0.25) is 4.98 Å². The molecule has 0 N–H and O–H groups in total. The molecule has 7 heteroatoms. The Kier molecular flexibility index (Phi) is 3.73. The predicted octanol–water partition coefficient (Wildman–Crippen LogP) is 4.85. The Labute approximate surface area is 127 Å². The van der Waals surface area contributed by atoms with Gasteiger partial charge in [0.05, 0.1) is 22.1 Å². The Hall–Kier alpha value is -1.79. The summed E-state index contributed by atoms with van der Waals surface area (Å²) in [4.78, 5) is 8.16. The summed E-state index contributed by atoms with van der Waals surface area (Å²) in [5, 5.41) is -0.532. The standard InChI is InChI=1S/C14H6ClF3N2S/c15-12-7(16)5-10(13(17)14(12)18)21-11-6-19-8-3-1-2-4-9(8)20-11/h1-6H. The Morgan fingerprint density at radius 3 is 2.48 bits per heavy atom. The Balaban J connectivity index is 2.02. The molecule has 1 heterocycles. The summed E-state index contributed by atoms with van der Waals surface area (Å²) in [7, 11) is 0. The fourth-order valence-corrected chi connectivity index (χ4v) is 2.68. The van der Waals surface area contributed by atoms with Crippen LogP contribution >= 0.6 is 23.4 Å². The van der Waals surface area contributed by atoms with E-state index < -0.39 is 22.5 Å². The van der Waals surface area contributed by atoms with E-state index in [1.165, 1.54) is 6.20 Å². The van der Waals surface area contributed by atoms with Crippen molar-refractivity contribution >= 4 is 34.4 Å². The molecule has 3 aromatic rings. The maximum absolute atomic E-state index is 13.7. The van der Waals surface area contributed by atoms with Gasteiger partial charge in [0.25, 0.3) is 0 Å². The van der Waals surface area contributed by atoms with Crippen molar-refractivity contribution in [2.45, 2.75) is 9.92 Å². The predicted molar refractivity (Wildman–Crippen MR) is 75.0 cm³/mol. The fraction of sp³-hybridized carbons (Fsp3) is 0. The maximum Gasteiger partial charge on any atom is 0.181 e. The van der Waals surface area contributed by atoms with Gasteiger partial charge in [-0.2, -0.15) is 0 Å². The number of rotatable bonds is 2. The van der Waals surface area contributed by atoms with E-state index in [1.54, 1.807) is 18.2 Å². The summed E-state index contributed by atoms with van der Waals surface area (Å²) in [6.45, 7) is 0. The number of halogens is 4. The van der Waals surface area contributed by atoms with E-state index in [2.05, 4.69) is 9.97 Å². The highest BCUT2D eigenvalue weighted by molar-refractivity contribution is 7.99. The number of hydrogen-bond donors (Lipinski definition) is 0. The molecule has 0 aliphatic rings. The van der Waals surface area contributed by atoms with E-state index in [1.807, 2.05) is 6.07 Å². The number of aromatic nitrogens is 2. The lowest BCUT2D eigenvalue weighted by Crippen LogP contribution is -1.94. The first-order valence-corrected chi connectivity index (χ1v) is 6.98. The van der Waals surface area contributed by atoms with Gasteiger partial charge in [-0.1, -0.05) is 35.5 Å². The summed E-state index contributed by atoms with van der Waals surface area (Å²) in [5.41, 5.74) is 1.29. The molecule has 3 rings (SSSR count). The maximum atomic E-state index is 13.7. The SMILES string of the molecule is Fc1cc(Sc2cnc3ccccc3n2)c(F)c(F)c1Cl. The normalized spacial score (nSPS) is 11.0. The summed E-state index contributed by atoms with van der Waals surface area (Å²) in [6, 6.07) is 7.95. The van der Waals surface area contributed by atoms with Crippen molar-refractivity contribution in [3.8, 4) is 0 Å². The van der Waals surface area contributed by atoms with Crippen LogP contribution in [0.3, 0.4) is 0 Å². The minimum absolute atomic E-state index is 0.237. The minimum atomic E-state index is -1.41. The van der Waals surface area contributed by atoms with Crippen molar-refractivity contribution in [3.63, 3.8) is 0 Å². The van der Waals surface area contributed by atoms with Crippen molar-refractivity contribution in [2.75, 3.05) is 0 Å². The molecule has 106 valence electrons. The van der Waals surface area contributed by atoms with E-state index in [4.69, 9.17) is 11.6 Å². The molecular weight excluding hydrogens is 321 g/mol. The number of fused-ring (bicyclic) bond motifs is 1. The second-order valence-electron chi connectivity index (χ2n) is 4.10. The average Bonchev–Trinajstić information content (AvgIpc) is 2.50. The highest BCUT2D eigenvalue weighted by Gasteiger charge is 2.18. The van der Waals surface area contributed by atoms with E-state index in [9.17, 15) is 13.2 Å². The molecule has 0 spiro atoms. The first-order chi connectivity index (χ1) is 10.1. The first kappa shape index (κ1) is 14.2. The van der Waals surface area contributed by atoms with Crippen LogP contribution in [0, 0.1) is 17.5 Å². The summed E-state index contributed by atoms with van der Waals surface area (Å²) < 4.78 is 40.5. The van der Waals surface area contributed by atoms with Crippen molar-refractivity contribution in [2.24, 2.45) is 0 Å². The summed E-state index contributed by atoms with van der Waals surface area (Å²) in [6.07, 6.45) is 1.41. The summed E-state index contributed by atoms with van der Waals surface area (Å²) in [5.74, 6) is -3.64. The molecule has 0 radical (unpaired) electrons. The first-order valence-electron chi connectivity index (χ1n) is 5.79. The molecule has 0 saturated carbocycles. The number of benzene rings is 2. The van der Waals surface area contributed by atoms with Gasteiger partial charge in [-0.25, -0.2) is 18.2 Å². The average molecular weight is 327 g/mol. The molecule has 0 aliphatic heterocycles. The van der Waals surface area contributed by atoms with Gasteiger partial charge >= 0.3 is 0 Å². The zero-order valence-electron chi connectivity index (χ0n) is 10.3. The van der Waals surface area contributed by atoms with Crippen LogP contribution in [0.4, 0.5) is 13.2 Å². The zero-order valence-corrected chi connectivity index (χ0v) is 11.9. The number of hydrogen-bond acceptors (Lipinski definition) is 3. The third kappa shape index (κ3) is 2.69. The van der Waals surface area contributed by atoms with E-state index in [-0.39, 0.29) is 4.90 Å². The van der Waals surface area contributed by atoms with Crippen LogP contribution in [0.25, 0.3) is 11.0 Å². The molecule has 0 fully saturated rings. The zero-order chi connectivity index (χ0) is 15.0. The molecule has 0 atom stereocenters. The van der Waals surface area contributed by atoms with Crippen molar-refractivity contribution in [1.29, 1.82) is 0 Å². The smallest absolute Gasteiger partial charge is 0.181 e. The van der Waals surface area contributed by atoms with Crippen LogP contribution in [0.5, 0.6) is 0 Å². The van der Waals surface area contributed by atoms with Crippen molar-refractivity contribution in [3.05, 3.63) is 59.0 Å². The van der Waals surface area contributed by atoms with Gasteiger partial charge in [-0.15, -0.1) is 0 Å². The number of para-hydroxylation sites is 2. The molecule has 0 saturated heterocycles. The lowest BCUT2D eigenvalue weighted by molar-refractivity contribution is 0.477. The van der Waals surface area contributed by atoms with Crippen molar-refractivity contribution in [1.82, 2.24) is 9.97 Å². The third-order valence-corrected chi connectivity index (χ3v) is 3.98. The van der Waals surface area contributed by atoms with Gasteiger partial charge in [0.15, 0.2) is 11.6 Å². The minimum Gasteiger partial charge on any atom is -0.252 e. The largest absolute Gasteiger partial charge is 0.252 e. The Bertz CT molecular complexity index is 842. The van der Waals surface area contributed by atoms with Gasteiger partial charge in [0.2, 0.25) is 0 Å². The summed E-state index contributed by atoms with van der Waals surface area (Å²) >= 11 is 6.09. The molecule has 2 aromatic carbocycles. The van der Waals surface area contributed by atoms with E-state index >= 15 is 0 Å². The fourth-order valence-electron chi connectivity index (χ4n) is 1.73. The monoisotopic (exact) mass is 326 g/mol.